The van der Waals surface area contributed by atoms with E-state index in [9.17, 15) is 4.79 Å². The number of nitrogens with two attached hydrogens (primary N) is 1. The normalized spacial score (nSPS) is 24.6. The van der Waals surface area contributed by atoms with Crippen molar-refractivity contribution in [3.8, 4) is 0 Å². The van der Waals surface area contributed by atoms with E-state index in [1.165, 1.54) is 0 Å². The number of fused-ring (bicyclic) bond motifs is 1. The standard InChI is InChI=1S/C11H14N2O2/c12-11(6-10(14)15)4-1-2-8-3-5-13-7-9(8)11/h3,5,7H,1-2,4,6,12H2,(H,14,15). The van der Waals surface area contributed by atoms with Crippen molar-refractivity contribution in [1.29, 1.82) is 0 Å². The van der Waals surface area contributed by atoms with Crippen LogP contribution >= 0.6 is 0 Å². The molecule has 1 aromatic rings. The largest absolute Gasteiger partial charge is 0.481 e. The van der Waals surface area contributed by atoms with Gasteiger partial charge in [-0.1, -0.05) is 0 Å². The fourth-order valence-corrected chi connectivity index (χ4v) is 2.27. The minimum absolute atomic E-state index is 0.0221. The second kappa shape index (κ2) is 3.62. The Balaban J connectivity index is 2.40. The first-order chi connectivity index (χ1) is 7.12. The molecular formula is C11H14N2O2. The van der Waals surface area contributed by atoms with Crippen LogP contribution in [0.15, 0.2) is 18.5 Å². The van der Waals surface area contributed by atoms with E-state index in [1.807, 2.05) is 6.07 Å². The maximum atomic E-state index is 10.8. The number of nitrogens with zero attached hydrogens (tertiary/aromatic N) is 1. The van der Waals surface area contributed by atoms with Gasteiger partial charge in [-0.2, -0.15) is 0 Å². The molecule has 0 saturated heterocycles. The molecule has 1 aliphatic rings. The minimum Gasteiger partial charge on any atom is -0.481 e. The summed E-state index contributed by atoms with van der Waals surface area (Å²) >= 11 is 0. The first-order valence-corrected chi connectivity index (χ1v) is 5.06. The molecule has 0 radical (unpaired) electrons. The number of aromatic nitrogens is 1. The summed E-state index contributed by atoms with van der Waals surface area (Å²) in [6.45, 7) is 0. The van der Waals surface area contributed by atoms with Crippen LogP contribution in [0, 0.1) is 0 Å². The summed E-state index contributed by atoms with van der Waals surface area (Å²) in [7, 11) is 0. The van der Waals surface area contributed by atoms with E-state index in [-0.39, 0.29) is 6.42 Å². The van der Waals surface area contributed by atoms with Crippen LogP contribution in [-0.2, 0) is 16.8 Å². The van der Waals surface area contributed by atoms with Crippen LogP contribution in [0.3, 0.4) is 0 Å². The SMILES string of the molecule is NC1(CC(=O)O)CCCc2ccncc21. The quantitative estimate of drug-likeness (QED) is 0.758. The van der Waals surface area contributed by atoms with E-state index in [2.05, 4.69) is 4.98 Å². The van der Waals surface area contributed by atoms with Crippen LogP contribution in [-0.4, -0.2) is 16.1 Å². The average molecular weight is 206 g/mol. The van der Waals surface area contributed by atoms with E-state index in [1.54, 1.807) is 12.4 Å². The van der Waals surface area contributed by atoms with Crippen molar-refractivity contribution in [2.45, 2.75) is 31.2 Å². The molecule has 2 rings (SSSR count). The molecule has 0 spiro atoms. The zero-order valence-corrected chi connectivity index (χ0v) is 8.44. The van der Waals surface area contributed by atoms with Crippen LogP contribution < -0.4 is 5.73 Å². The lowest BCUT2D eigenvalue weighted by atomic mass is 9.76. The third-order valence-corrected chi connectivity index (χ3v) is 2.98. The highest BCUT2D eigenvalue weighted by Gasteiger charge is 2.34. The van der Waals surface area contributed by atoms with E-state index in [4.69, 9.17) is 10.8 Å². The van der Waals surface area contributed by atoms with Crippen molar-refractivity contribution >= 4 is 5.97 Å². The predicted octanol–water partition coefficient (Wildman–Crippen LogP) is 1.05. The number of pyridine rings is 1. The molecule has 0 bridgehead atoms. The van der Waals surface area contributed by atoms with Crippen molar-refractivity contribution in [3.63, 3.8) is 0 Å². The summed E-state index contributed by atoms with van der Waals surface area (Å²) < 4.78 is 0. The van der Waals surface area contributed by atoms with Gasteiger partial charge in [0.05, 0.1) is 12.0 Å². The lowest BCUT2D eigenvalue weighted by molar-refractivity contribution is -0.138. The Kier molecular flexibility index (Phi) is 2.44. The van der Waals surface area contributed by atoms with Crippen molar-refractivity contribution < 1.29 is 9.90 Å². The van der Waals surface area contributed by atoms with Gasteiger partial charge in [0.15, 0.2) is 0 Å². The molecule has 3 N–H and O–H groups in total. The molecule has 0 aliphatic heterocycles. The van der Waals surface area contributed by atoms with Gasteiger partial charge in [-0.25, -0.2) is 0 Å². The Morgan fingerprint density at radius 2 is 2.47 bits per heavy atom. The van der Waals surface area contributed by atoms with E-state index in [0.717, 1.165) is 30.4 Å². The van der Waals surface area contributed by atoms with Gasteiger partial charge in [-0.3, -0.25) is 9.78 Å². The Bertz CT molecular complexity index is 392. The minimum atomic E-state index is -0.853. The van der Waals surface area contributed by atoms with E-state index in [0.29, 0.717) is 0 Å². The molecule has 0 aromatic carbocycles. The molecule has 1 aromatic heterocycles. The molecule has 4 heteroatoms. The first-order valence-electron chi connectivity index (χ1n) is 5.06. The van der Waals surface area contributed by atoms with Gasteiger partial charge in [0.2, 0.25) is 0 Å². The van der Waals surface area contributed by atoms with Gasteiger partial charge in [-0.05, 0) is 36.5 Å². The molecular weight excluding hydrogens is 192 g/mol. The first kappa shape index (κ1) is 10.1. The van der Waals surface area contributed by atoms with Crippen molar-refractivity contribution in [1.82, 2.24) is 4.98 Å². The molecule has 0 amide bonds. The summed E-state index contributed by atoms with van der Waals surface area (Å²) in [6.07, 6.45) is 6.05. The summed E-state index contributed by atoms with van der Waals surface area (Å²) in [5.74, 6) is -0.853. The number of hydrogen-bond acceptors (Lipinski definition) is 3. The lowest BCUT2D eigenvalue weighted by Gasteiger charge is -2.34. The Hall–Kier alpha value is -1.42. The molecule has 0 saturated carbocycles. The maximum absolute atomic E-state index is 10.8. The average Bonchev–Trinajstić information content (AvgIpc) is 2.17. The van der Waals surface area contributed by atoms with Gasteiger partial charge in [0, 0.05) is 12.4 Å². The smallest absolute Gasteiger partial charge is 0.305 e. The van der Waals surface area contributed by atoms with Crippen molar-refractivity contribution in [3.05, 3.63) is 29.6 Å². The fraction of sp³-hybridized carbons (Fsp3) is 0.455. The number of aliphatic carboxylic acids is 1. The van der Waals surface area contributed by atoms with Crippen LogP contribution in [0.1, 0.15) is 30.4 Å². The summed E-state index contributed by atoms with van der Waals surface area (Å²) in [6, 6.07) is 1.93. The highest BCUT2D eigenvalue weighted by Crippen LogP contribution is 2.34. The maximum Gasteiger partial charge on any atom is 0.305 e. The number of hydrogen-bond donors (Lipinski definition) is 2. The second-order valence-electron chi connectivity index (χ2n) is 4.11. The lowest BCUT2D eigenvalue weighted by Crippen LogP contribution is -2.42. The second-order valence-corrected chi connectivity index (χ2v) is 4.11. The molecule has 80 valence electrons. The van der Waals surface area contributed by atoms with E-state index >= 15 is 0 Å². The molecule has 15 heavy (non-hydrogen) atoms. The third kappa shape index (κ3) is 1.85. The number of carbonyl (C=O) groups is 1. The topological polar surface area (TPSA) is 76.2 Å². The van der Waals surface area contributed by atoms with Crippen LogP contribution in [0.2, 0.25) is 0 Å². The van der Waals surface area contributed by atoms with Gasteiger partial charge in [0.25, 0.3) is 0 Å². The molecule has 4 nitrogen and oxygen atoms in total. The van der Waals surface area contributed by atoms with Gasteiger partial charge >= 0.3 is 5.97 Å². The van der Waals surface area contributed by atoms with Crippen molar-refractivity contribution in [2.24, 2.45) is 5.73 Å². The number of carboxylic acids is 1. The number of carboxylic acid groups (broad SMARTS) is 1. The van der Waals surface area contributed by atoms with Crippen LogP contribution in [0.4, 0.5) is 0 Å². The third-order valence-electron chi connectivity index (χ3n) is 2.98. The zero-order valence-electron chi connectivity index (χ0n) is 8.44. The molecule has 1 aliphatic carbocycles. The number of rotatable bonds is 2. The van der Waals surface area contributed by atoms with Gasteiger partial charge in [0.1, 0.15) is 0 Å². The molecule has 1 heterocycles. The number of aryl methyl sites for hydroxylation is 1. The summed E-state index contributed by atoms with van der Waals surface area (Å²) in [5.41, 5.74) is 7.46. The monoisotopic (exact) mass is 206 g/mol. The molecule has 1 unspecified atom stereocenters. The summed E-state index contributed by atoms with van der Waals surface area (Å²) in [5, 5.41) is 8.86. The Morgan fingerprint density at radius 3 is 3.20 bits per heavy atom. The predicted molar refractivity (Wildman–Crippen MR) is 55.3 cm³/mol. The van der Waals surface area contributed by atoms with E-state index < -0.39 is 11.5 Å². The highest BCUT2D eigenvalue weighted by molar-refractivity contribution is 5.69. The van der Waals surface area contributed by atoms with Gasteiger partial charge < -0.3 is 10.8 Å². The fourth-order valence-electron chi connectivity index (χ4n) is 2.27. The zero-order chi connectivity index (χ0) is 10.9. The highest BCUT2D eigenvalue weighted by atomic mass is 16.4. The van der Waals surface area contributed by atoms with Crippen LogP contribution in [0.5, 0.6) is 0 Å². The summed E-state index contributed by atoms with van der Waals surface area (Å²) in [4.78, 5) is 14.8. The Labute approximate surface area is 88.1 Å². The Morgan fingerprint density at radius 1 is 1.67 bits per heavy atom. The van der Waals surface area contributed by atoms with Crippen molar-refractivity contribution in [2.75, 3.05) is 0 Å². The van der Waals surface area contributed by atoms with Gasteiger partial charge in [-0.15, -0.1) is 0 Å². The van der Waals surface area contributed by atoms with Crippen LogP contribution in [0.25, 0.3) is 0 Å². The molecule has 0 fully saturated rings. The molecule has 1 atom stereocenters.